The second-order valence-electron chi connectivity index (χ2n) is 4.61. The van der Waals surface area contributed by atoms with Gasteiger partial charge in [0, 0.05) is 5.56 Å². The molecule has 6 nitrogen and oxygen atoms in total. The molecule has 0 saturated heterocycles. The van der Waals surface area contributed by atoms with E-state index in [9.17, 15) is 33.4 Å². The van der Waals surface area contributed by atoms with E-state index < -0.39 is 39.4 Å². The third-order valence-corrected chi connectivity index (χ3v) is 4.16. The van der Waals surface area contributed by atoms with Crippen LogP contribution < -0.4 is 4.87 Å². The molecule has 0 aliphatic carbocycles. The van der Waals surface area contributed by atoms with Crippen LogP contribution in [0.2, 0.25) is 0 Å². The minimum atomic E-state index is -1.45. The monoisotopic (exact) mass is 343 g/mol. The highest BCUT2D eigenvalue weighted by molar-refractivity contribution is 7.11. The van der Waals surface area contributed by atoms with Gasteiger partial charge in [0.2, 0.25) is 0 Å². The molecular formula is C14H11F2NO5S. The van der Waals surface area contributed by atoms with Gasteiger partial charge in [0.1, 0.15) is 10.9 Å². The third kappa shape index (κ3) is 3.00. The molecule has 1 aromatic heterocycles. The quantitative estimate of drug-likeness (QED) is 0.870. The Hall–Kier alpha value is -2.55. The van der Waals surface area contributed by atoms with E-state index in [1.165, 1.54) is 6.92 Å². The van der Waals surface area contributed by atoms with Gasteiger partial charge >= 0.3 is 16.8 Å². The van der Waals surface area contributed by atoms with Crippen molar-refractivity contribution in [2.75, 3.05) is 0 Å². The lowest BCUT2D eigenvalue weighted by atomic mass is 10.1. The average Bonchev–Trinajstić information content (AvgIpc) is 2.81. The molecule has 0 radical (unpaired) electrons. The first-order valence-corrected chi connectivity index (χ1v) is 7.26. The maximum Gasteiger partial charge on any atom is 0.348 e. The second-order valence-corrected chi connectivity index (χ2v) is 5.57. The number of rotatable bonds is 5. The molecule has 0 fully saturated rings. The molecule has 0 aliphatic heterocycles. The number of aromatic nitrogens is 1. The molecule has 0 aliphatic rings. The van der Waals surface area contributed by atoms with Gasteiger partial charge in [-0.15, -0.1) is 0 Å². The summed E-state index contributed by atoms with van der Waals surface area (Å²) >= 11 is 0.343. The Labute approximate surface area is 132 Å². The zero-order valence-corrected chi connectivity index (χ0v) is 12.6. The predicted molar refractivity (Wildman–Crippen MR) is 77.9 cm³/mol. The van der Waals surface area contributed by atoms with Crippen LogP contribution in [0.25, 0.3) is 11.3 Å². The third-order valence-electron chi connectivity index (χ3n) is 3.21. The van der Waals surface area contributed by atoms with E-state index in [2.05, 4.69) is 0 Å². The van der Waals surface area contributed by atoms with E-state index in [1.54, 1.807) is 0 Å². The van der Waals surface area contributed by atoms with Gasteiger partial charge in [0.15, 0.2) is 11.6 Å². The van der Waals surface area contributed by atoms with Gasteiger partial charge in [-0.1, -0.05) is 18.3 Å². The Bertz CT molecular complexity index is 842. The summed E-state index contributed by atoms with van der Waals surface area (Å²) in [5, 5.41) is 18.5. The molecule has 2 N–H and O–H groups in total. The van der Waals surface area contributed by atoms with Crippen LogP contribution in [0, 0.1) is 11.6 Å². The number of hydrogen-bond acceptors (Lipinski definition) is 4. The summed E-state index contributed by atoms with van der Waals surface area (Å²) in [5.74, 6) is -5.15. The largest absolute Gasteiger partial charge is 0.480 e. The van der Waals surface area contributed by atoms with Crippen LogP contribution >= 0.6 is 11.3 Å². The number of benzene rings is 1. The molecule has 0 saturated carbocycles. The van der Waals surface area contributed by atoms with Crippen molar-refractivity contribution in [2.45, 2.75) is 19.4 Å². The average molecular weight is 343 g/mol. The SMILES string of the molecule is CCC(C(=O)O)n1c(-c2ccc(F)c(F)c2)c(C(=O)O)sc1=O. The van der Waals surface area contributed by atoms with Crippen molar-refractivity contribution in [2.24, 2.45) is 0 Å². The number of aromatic carboxylic acids is 1. The summed E-state index contributed by atoms with van der Waals surface area (Å²) in [6.07, 6.45) is 0.0156. The van der Waals surface area contributed by atoms with Crippen LogP contribution in [0.4, 0.5) is 8.78 Å². The van der Waals surface area contributed by atoms with Crippen molar-refractivity contribution in [3.63, 3.8) is 0 Å². The summed E-state index contributed by atoms with van der Waals surface area (Å²) in [7, 11) is 0. The van der Waals surface area contributed by atoms with Crippen molar-refractivity contribution >= 4 is 23.3 Å². The second kappa shape index (κ2) is 6.29. The molecule has 1 atom stereocenters. The molecular weight excluding hydrogens is 332 g/mol. The number of carbonyl (C=O) groups is 2. The topological polar surface area (TPSA) is 96.6 Å². The fourth-order valence-corrected chi connectivity index (χ4v) is 3.09. The Balaban J connectivity index is 2.83. The zero-order valence-electron chi connectivity index (χ0n) is 11.7. The predicted octanol–water partition coefficient (Wildman–Crippen LogP) is 2.59. The Kier molecular flexibility index (Phi) is 4.60. The van der Waals surface area contributed by atoms with Gasteiger partial charge in [0.25, 0.3) is 0 Å². The molecule has 0 spiro atoms. The number of nitrogens with zero attached hydrogens (tertiary/aromatic N) is 1. The highest BCUT2D eigenvalue weighted by Crippen LogP contribution is 2.30. The highest BCUT2D eigenvalue weighted by atomic mass is 32.1. The molecule has 1 unspecified atom stereocenters. The summed E-state index contributed by atoms with van der Waals surface area (Å²) in [6, 6.07) is 1.30. The van der Waals surface area contributed by atoms with Crippen LogP contribution in [0.15, 0.2) is 23.0 Å². The fourth-order valence-electron chi connectivity index (χ4n) is 2.19. The number of carboxylic acids is 2. The molecule has 1 heterocycles. The lowest BCUT2D eigenvalue weighted by molar-refractivity contribution is -0.141. The maximum atomic E-state index is 13.5. The van der Waals surface area contributed by atoms with Crippen LogP contribution in [-0.2, 0) is 4.79 Å². The number of carboxylic acid groups (broad SMARTS) is 2. The Morgan fingerprint density at radius 1 is 1.26 bits per heavy atom. The summed E-state index contributed by atoms with van der Waals surface area (Å²) in [4.78, 5) is 33.5. The first-order chi connectivity index (χ1) is 10.8. The molecule has 0 amide bonds. The fraction of sp³-hybridized carbons (Fsp3) is 0.214. The van der Waals surface area contributed by atoms with Crippen molar-refractivity contribution in [1.82, 2.24) is 4.57 Å². The van der Waals surface area contributed by atoms with Gasteiger partial charge in [-0.25, -0.2) is 18.4 Å². The van der Waals surface area contributed by atoms with Gasteiger partial charge in [-0.3, -0.25) is 9.36 Å². The summed E-state index contributed by atoms with van der Waals surface area (Å²) < 4.78 is 27.3. The molecule has 23 heavy (non-hydrogen) atoms. The molecule has 1 aromatic carbocycles. The van der Waals surface area contributed by atoms with E-state index in [1.807, 2.05) is 0 Å². The normalized spacial score (nSPS) is 12.1. The molecule has 9 heteroatoms. The van der Waals surface area contributed by atoms with E-state index >= 15 is 0 Å². The van der Waals surface area contributed by atoms with Crippen molar-refractivity contribution in [1.29, 1.82) is 0 Å². The number of halogens is 2. The standard InChI is InChI=1S/C14H11F2NO5S/c1-2-9(12(18)19)17-10(11(13(20)21)23-14(17)22)6-3-4-7(15)8(16)5-6/h3-5,9H,2H2,1H3,(H,18,19)(H,20,21). The maximum absolute atomic E-state index is 13.5. The highest BCUT2D eigenvalue weighted by Gasteiger charge is 2.29. The van der Waals surface area contributed by atoms with Crippen LogP contribution in [0.3, 0.4) is 0 Å². The van der Waals surface area contributed by atoms with Crippen LogP contribution in [0.1, 0.15) is 29.1 Å². The van der Waals surface area contributed by atoms with Crippen LogP contribution in [-0.4, -0.2) is 26.7 Å². The van der Waals surface area contributed by atoms with E-state index in [0.717, 1.165) is 22.8 Å². The summed E-state index contributed by atoms with van der Waals surface area (Å²) in [6.45, 7) is 1.51. The van der Waals surface area contributed by atoms with Gasteiger partial charge in [-0.2, -0.15) is 0 Å². The van der Waals surface area contributed by atoms with E-state index in [0.29, 0.717) is 11.3 Å². The molecule has 2 rings (SSSR count). The number of thiazole rings is 1. The Morgan fingerprint density at radius 3 is 2.39 bits per heavy atom. The van der Waals surface area contributed by atoms with Crippen LogP contribution in [0.5, 0.6) is 0 Å². The lowest BCUT2D eigenvalue weighted by Gasteiger charge is -2.15. The minimum absolute atomic E-state index is 0.0156. The zero-order chi connectivity index (χ0) is 17.3. The first-order valence-electron chi connectivity index (χ1n) is 6.44. The van der Waals surface area contributed by atoms with E-state index in [-0.39, 0.29) is 17.7 Å². The number of aliphatic carboxylic acids is 1. The lowest BCUT2D eigenvalue weighted by Crippen LogP contribution is -2.26. The molecule has 0 bridgehead atoms. The molecule has 122 valence electrons. The Morgan fingerprint density at radius 2 is 1.91 bits per heavy atom. The van der Waals surface area contributed by atoms with Crippen molar-refractivity contribution < 1.29 is 28.6 Å². The van der Waals surface area contributed by atoms with Crippen molar-refractivity contribution in [3.8, 4) is 11.3 Å². The summed E-state index contributed by atoms with van der Waals surface area (Å²) in [5.41, 5.74) is -0.333. The molecule has 2 aromatic rings. The van der Waals surface area contributed by atoms with Gasteiger partial charge in [-0.05, 0) is 24.6 Å². The smallest absolute Gasteiger partial charge is 0.348 e. The van der Waals surface area contributed by atoms with E-state index in [4.69, 9.17) is 0 Å². The van der Waals surface area contributed by atoms with Gasteiger partial charge in [0.05, 0.1) is 5.69 Å². The number of hydrogen-bond donors (Lipinski definition) is 2. The van der Waals surface area contributed by atoms with Gasteiger partial charge < -0.3 is 10.2 Å². The van der Waals surface area contributed by atoms with Crippen molar-refractivity contribution in [3.05, 3.63) is 44.4 Å². The minimum Gasteiger partial charge on any atom is -0.480 e. The first kappa shape index (κ1) is 16.8.